The summed E-state index contributed by atoms with van der Waals surface area (Å²) < 4.78 is 22.1. The van der Waals surface area contributed by atoms with Gasteiger partial charge in [0, 0.05) is 22.8 Å². The third kappa shape index (κ3) is 5.47. The molecule has 0 radical (unpaired) electrons. The van der Waals surface area contributed by atoms with E-state index in [2.05, 4.69) is 12.2 Å². The van der Waals surface area contributed by atoms with Gasteiger partial charge in [0.05, 0.1) is 12.4 Å². The lowest BCUT2D eigenvalue weighted by Gasteiger charge is -2.28. The topological polar surface area (TPSA) is 66.4 Å². The van der Waals surface area contributed by atoms with Gasteiger partial charge in [-0.25, -0.2) is 8.42 Å². The standard InChI is InChI=1S/C12H25NO3S2/c1-3-6-13-12(10-14)5-4-11(9-12)17-7-8-18(2,15)16/h11,13-14H,3-10H2,1-2H3. The fourth-order valence-electron chi connectivity index (χ4n) is 2.34. The lowest BCUT2D eigenvalue weighted by atomic mass is 9.99. The fourth-order valence-corrected chi connectivity index (χ4v) is 4.99. The van der Waals surface area contributed by atoms with Crippen molar-refractivity contribution in [1.29, 1.82) is 0 Å². The monoisotopic (exact) mass is 295 g/mol. The van der Waals surface area contributed by atoms with Crippen LogP contribution in [0.15, 0.2) is 0 Å². The van der Waals surface area contributed by atoms with Gasteiger partial charge in [-0.2, -0.15) is 11.8 Å². The molecule has 0 amide bonds. The third-order valence-electron chi connectivity index (χ3n) is 3.42. The molecule has 2 atom stereocenters. The quantitative estimate of drug-likeness (QED) is 0.700. The molecule has 1 saturated carbocycles. The zero-order valence-electron chi connectivity index (χ0n) is 11.3. The molecule has 0 bridgehead atoms. The van der Waals surface area contributed by atoms with E-state index >= 15 is 0 Å². The number of thioether (sulfide) groups is 1. The molecule has 18 heavy (non-hydrogen) atoms. The molecule has 1 aliphatic carbocycles. The predicted octanol–water partition coefficient (Wildman–Crippen LogP) is 1.05. The van der Waals surface area contributed by atoms with Gasteiger partial charge in [0.2, 0.25) is 0 Å². The van der Waals surface area contributed by atoms with Gasteiger partial charge in [0.1, 0.15) is 9.84 Å². The summed E-state index contributed by atoms with van der Waals surface area (Å²) in [5.41, 5.74) is -0.126. The van der Waals surface area contributed by atoms with Crippen LogP contribution in [0.25, 0.3) is 0 Å². The molecule has 0 aromatic heterocycles. The number of nitrogens with one attached hydrogen (secondary N) is 1. The molecule has 2 N–H and O–H groups in total. The van der Waals surface area contributed by atoms with Crippen LogP contribution in [-0.4, -0.2) is 55.2 Å². The maximum absolute atomic E-state index is 11.1. The summed E-state index contributed by atoms with van der Waals surface area (Å²) in [6, 6.07) is 0. The smallest absolute Gasteiger partial charge is 0.148 e. The number of hydrogen-bond donors (Lipinski definition) is 2. The van der Waals surface area contributed by atoms with E-state index < -0.39 is 9.84 Å². The zero-order valence-corrected chi connectivity index (χ0v) is 12.9. The lowest BCUT2D eigenvalue weighted by molar-refractivity contribution is 0.165. The molecule has 1 rings (SSSR count). The van der Waals surface area contributed by atoms with Crippen LogP contribution < -0.4 is 5.32 Å². The van der Waals surface area contributed by atoms with Crippen LogP contribution >= 0.6 is 11.8 Å². The van der Waals surface area contributed by atoms with E-state index in [1.165, 1.54) is 6.26 Å². The molecule has 0 heterocycles. The predicted molar refractivity (Wildman–Crippen MR) is 77.9 cm³/mol. The second-order valence-electron chi connectivity index (χ2n) is 5.23. The molecule has 1 aliphatic rings. The Morgan fingerprint density at radius 2 is 2.22 bits per heavy atom. The van der Waals surface area contributed by atoms with Crippen LogP contribution in [0, 0.1) is 0 Å². The average Bonchev–Trinajstić information content (AvgIpc) is 2.69. The summed E-state index contributed by atoms with van der Waals surface area (Å²) in [7, 11) is -2.85. The first-order chi connectivity index (χ1) is 8.41. The second kappa shape index (κ2) is 7.12. The van der Waals surface area contributed by atoms with Crippen LogP contribution in [0.3, 0.4) is 0 Å². The highest BCUT2D eigenvalue weighted by Gasteiger charge is 2.38. The van der Waals surface area contributed by atoms with Crippen molar-refractivity contribution < 1.29 is 13.5 Å². The number of hydrogen-bond acceptors (Lipinski definition) is 5. The maximum Gasteiger partial charge on any atom is 0.148 e. The summed E-state index contributed by atoms with van der Waals surface area (Å²) in [6.07, 6.45) is 5.33. The van der Waals surface area contributed by atoms with Crippen LogP contribution in [0.5, 0.6) is 0 Å². The molecule has 1 fully saturated rings. The Morgan fingerprint density at radius 3 is 2.78 bits per heavy atom. The molecule has 0 saturated heterocycles. The fraction of sp³-hybridized carbons (Fsp3) is 1.00. The molecule has 0 spiro atoms. The molecule has 0 aliphatic heterocycles. The Bertz CT molecular complexity index is 345. The average molecular weight is 295 g/mol. The van der Waals surface area contributed by atoms with Crippen molar-refractivity contribution in [2.24, 2.45) is 0 Å². The van der Waals surface area contributed by atoms with E-state index in [1.54, 1.807) is 11.8 Å². The second-order valence-corrected chi connectivity index (χ2v) is 8.90. The minimum atomic E-state index is -2.85. The van der Waals surface area contributed by atoms with E-state index in [0.717, 1.165) is 32.2 Å². The molecular formula is C12H25NO3S2. The first-order valence-corrected chi connectivity index (χ1v) is 9.67. The van der Waals surface area contributed by atoms with Crippen molar-refractivity contribution >= 4 is 21.6 Å². The number of sulfone groups is 1. The maximum atomic E-state index is 11.1. The molecule has 4 nitrogen and oxygen atoms in total. The van der Waals surface area contributed by atoms with E-state index in [9.17, 15) is 13.5 Å². The van der Waals surface area contributed by atoms with Gasteiger partial charge in [-0.15, -0.1) is 0 Å². The minimum Gasteiger partial charge on any atom is -0.394 e. The van der Waals surface area contributed by atoms with E-state index in [0.29, 0.717) is 11.0 Å². The van der Waals surface area contributed by atoms with Crippen molar-refractivity contribution in [1.82, 2.24) is 5.32 Å². The number of rotatable bonds is 8. The van der Waals surface area contributed by atoms with Crippen LogP contribution in [0.4, 0.5) is 0 Å². The summed E-state index contributed by atoms with van der Waals surface area (Å²) in [6.45, 7) is 3.22. The zero-order chi connectivity index (χ0) is 13.6. The van der Waals surface area contributed by atoms with Gasteiger partial charge in [0.25, 0.3) is 0 Å². The SMILES string of the molecule is CCCNC1(CO)CCC(SCCS(C)(=O)=O)C1. The van der Waals surface area contributed by atoms with Gasteiger partial charge in [-0.1, -0.05) is 6.92 Å². The van der Waals surface area contributed by atoms with Gasteiger partial charge >= 0.3 is 0 Å². The Balaban J connectivity index is 2.35. The van der Waals surface area contributed by atoms with Crippen molar-refractivity contribution in [2.45, 2.75) is 43.4 Å². The Kier molecular flexibility index (Phi) is 6.44. The number of aliphatic hydroxyl groups is 1. The third-order valence-corrected chi connectivity index (χ3v) is 5.94. The summed E-state index contributed by atoms with van der Waals surface area (Å²) in [5, 5.41) is 13.5. The van der Waals surface area contributed by atoms with Crippen molar-refractivity contribution in [3.8, 4) is 0 Å². The minimum absolute atomic E-state index is 0.126. The molecule has 0 aromatic carbocycles. The highest BCUT2D eigenvalue weighted by molar-refractivity contribution is 8.01. The number of aliphatic hydroxyl groups excluding tert-OH is 1. The van der Waals surface area contributed by atoms with Crippen LogP contribution in [0.1, 0.15) is 32.6 Å². The van der Waals surface area contributed by atoms with Crippen LogP contribution in [0.2, 0.25) is 0 Å². The largest absolute Gasteiger partial charge is 0.394 e. The highest BCUT2D eigenvalue weighted by Crippen LogP contribution is 2.36. The summed E-state index contributed by atoms with van der Waals surface area (Å²) in [4.78, 5) is 0. The first-order valence-electron chi connectivity index (χ1n) is 6.56. The van der Waals surface area contributed by atoms with E-state index in [4.69, 9.17) is 0 Å². The van der Waals surface area contributed by atoms with Crippen LogP contribution in [-0.2, 0) is 9.84 Å². The molecule has 2 unspecified atom stereocenters. The van der Waals surface area contributed by atoms with Crippen molar-refractivity contribution in [3.63, 3.8) is 0 Å². The Labute approximate surface area is 115 Å². The Morgan fingerprint density at radius 1 is 1.50 bits per heavy atom. The lowest BCUT2D eigenvalue weighted by Crippen LogP contribution is -2.46. The molecule has 0 aromatic rings. The van der Waals surface area contributed by atoms with Gasteiger partial charge in [-0.05, 0) is 32.2 Å². The normalized spacial score (nSPS) is 28.7. The van der Waals surface area contributed by atoms with Gasteiger partial charge < -0.3 is 10.4 Å². The van der Waals surface area contributed by atoms with E-state index in [1.807, 2.05) is 0 Å². The summed E-state index contributed by atoms with van der Waals surface area (Å²) >= 11 is 1.73. The Hall–Kier alpha value is 0.220. The van der Waals surface area contributed by atoms with Gasteiger partial charge in [0.15, 0.2) is 0 Å². The van der Waals surface area contributed by atoms with E-state index in [-0.39, 0.29) is 17.9 Å². The molecule has 108 valence electrons. The molecular weight excluding hydrogens is 270 g/mol. The first kappa shape index (κ1) is 16.3. The van der Waals surface area contributed by atoms with Crippen molar-refractivity contribution in [3.05, 3.63) is 0 Å². The summed E-state index contributed by atoms with van der Waals surface area (Å²) in [5.74, 6) is 0.918. The molecule has 6 heteroatoms. The van der Waals surface area contributed by atoms with Crippen molar-refractivity contribution in [2.75, 3.05) is 30.9 Å². The van der Waals surface area contributed by atoms with Gasteiger partial charge in [-0.3, -0.25) is 0 Å². The highest BCUT2D eigenvalue weighted by atomic mass is 32.2.